The largest absolute Gasteiger partial charge is 0.338 e. The van der Waals surface area contributed by atoms with Crippen LogP contribution in [0, 0.1) is 6.92 Å². The number of aromatic nitrogens is 2. The Kier molecular flexibility index (Phi) is 3.29. The third-order valence-corrected chi connectivity index (χ3v) is 4.46. The first-order valence-electron chi connectivity index (χ1n) is 7.32. The van der Waals surface area contributed by atoms with E-state index in [9.17, 15) is 0 Å². The van der Waals surface area contributed by atoms with Crippen molar-refractivity contribution in [1.82, 2.24) is 9.55 Å². The first-order valence-corrected chi connectivity index (χ1v) is 7.32. The van der Waals surface area contributed by atoms with Crippen molar-refractivity contribution >= 4 is 5.95 Å². The number of hydrogen-bond donors (Lipinski definition) is 1. The molecule has 2 aliphatic rings. The van der Waals surface area contributed by atoms with Crippen LogP contribution in [0.4, 0.5) is 5.95 Å². The van der Waals surface area contributed by atoms with E-state index in [4.69, 9.17) is 10.7 Å². The summed E-state index contributed by atoms with van der Waals surface area (Å²) in [6.45, 7) is 3.96. The van der Waals surface area contributed by atoms with Crippen molar-refractivity contribution in [2.24, 2.45) is 5.73 Å². The first kappa shape index (κ1) is 12.0. The molecule has 1 aromatic heterocycles. The Bertz CT molecular complexity index is 406. The molecule has 1 atom stereocenters. The van der Waals surface area contributed by atoms with Gasteiger partial charge in [-0.25, -0.2) is 4.98 Å². The van der Waals surface area contributed by atoms with E-state index in [0.29, 0.717) is 12.1 Å². The van der Waals surface area contributed by atoms with E-state index in [0.717, 1.165) is 18.8 Å². The van der Waals surface area contributed by atoms with E-state index in [1.807, 2.05) is 0 Å². The van der Waals surface area contributed by atoms with Gasteiger partial charge in [0, 0.05) is 31.4 Å². The van der Waals surface area contributed by atoms with E-state index in [2.05, 4.69) is 22.6 Å². The SMILES string of the molecule is Cc1cn(C2CCCC2)c(N2CCCC2CN)n1. The maximum Gasteiger partial charge on any atom is 0.206 e. The summed E-state index contributed by atoms with van der Waals surface area (Å²) in [5.41, 5.74) is 7.03. The molecule has 0 spiro atoms. The lowest BCUT2D eigenvalue weighted by molar-refractivity contribution is 0.508. The summed E-state index contributed by atoms with van der Waals surface area (Å²) in [7, 11) is 0. The fourth-order valence-electron chi connectivity index (χ4n) is 3.51. The number of rotatable bonds is 3. The number of anilines is 1. The van der Waals surface area contributed by atoms with Gasteiger partial charge in [-0.3, -0.25) is 0 Å². The molecule has 2 N–H and O–H groups in total. The molecule has 100 valence electrons. The van der Waals surface area contributed by atoms with Gasteiger partial charge in [0.25, 0.3) is 0 Å². The maximum absolute atomic E-state index is 5.89. The summed E-state index contributed by atoms with van der Waals surface area (Å²) in [4.78, 5) is 7.20. The summed E-state index contributed by atoms with van der Waals surface area (Å²) in [6.07, 6.45) is 10.0. The number of nitrogens with two attached hydrogens (primary N) is 1. The van der Waals surface area contributed by atoms with Crippen LogP contribution in [0.3, 0.4) is 0 Å². The molecule has 2 heterocycles. The van der Waals surface area contributed by atoms with E-state index in [-0.39, 0.29) is 0 Å². The molecule has 4 nitrogen and oxygen atoms in total. The van der Waals surface area contributed by atoms with Crippen LogP contribution >= 0.6 is 0 Å². The zero-order chi connectivity index (χ0) is 12.5. The van der Waals surface area contributed by atoms with Gasteiger partial charge in [-0.05, 0) is 32.6 Å². The van der Waals surface area contributed by atoms with Crippen molar-refractivity contribution in [1.29, 1.82) is 0 Å². The van der Waals surface area contributed by atoms with Gasteiger partial charge < -0.3 is 15.2 Å². The maximum atomic E-state index is 5.89. The second kappa shape index (κ2) is 4.92. The van der Waals surface area contributed by atoms with Gasteiger partial charge in [-0.15, -0.1) is 0 Å². The fraction of sp³-hybridized carbons (Fsp3) is 0.786. The molecule has 18 heavy (non-hydrogen) atoms. The normalized spacial score (nSPS) is 25.2. The van der Waals surface area contributed by atoms with E-state index >= 15 is 0 Å². The van der Waals surface area contributed by atoms with Crippen LogP contribution < -0.4 is 10.6 Å². The lowest BCUT2D eigenvalue weighted by atomic mass is 10.2. The molecule has 0 amide bonds. The fourth-order valence-corrected chi connectivity index (χ4v) is 3.51. The highest BCUT2D eigenvalue weighted by Crippen LogP contribution is 2.34. The van der Waals surface area contributed by atoms with Crippen molar-refractivity contribution < 1.29 is 0 Å². The Labute approximate surface area is 109 Å². The highest BCUT2D eigenvalue weighted by molar-refractivity contribution is 5.37. The molecule has 0 radical (unpaired) electrons. The van der Waals surface area contributed by atoms with E-state index in [1.54, 1.807) is 0 Å². The number of aryl methyl sites for hydroxylation is 1. The molecule has 1 saturated heterocycles. The van der Waals surface area contributed by atoms with Gasteiger partial charge in [0.1, 0.15) is 0 Å². The van der Waals surface area contributed by atoms with Gasteiger partial charge in [0.2, 0.25) is 5.95 Å². The second-order valence-corrected chi connectivity index (χ2v) is 5.75. The molecule has 1 unspecified atom stereocenters. The average Bonchev–Trinajstić information content (AvgIpc) is 3.07. The minimum absolute atomic E-state index is 0.493. The van der Waals surface area contributed by atoms with Gasteiger partial charge in [-0.2, -0.15) is 0 Å². The van der Waals surface area contributed by atoms with Gasteiger partial charge in [-0.1, -0.05) is 12.8 Å². The van der Waals surface area contributed by atoms with Crippen LogP contribution in [0.1, 0.15) is 50.3 Å². The monoisotopic (exact) mass is 248 g/mol. The number of imidazole rings is 1. The smallest absolute Gasteiger partial charge is 0.206 e. The molecular formula is C14H24N4. The molecule has 1 aliphatic heterocycles. The predicted octanol–water partition coefficient (Wildman–Crippen LogP) is 2.23. The Morgan fingerprint density at radius 1 is 1.28 bits per heavy atom. The molecule has 1 aromatic rings. The third-order valence-electron chi connectivity index (χ3n) is 4.46. The minimum atomic E-state index is 0.493. The zero-order valence-corrected chi connectivity index (χ0v) is 11.3. The van der Waals surface area contributed by atoms with Gasteiger partial charge in [0.05, 0.1) is 5.69 Å². The van der Waals surface area contributed by atoms with Crippen LogP contribution in [-0.2, 0) is 0 Å². The quantitative estimate of drug-likeness (QED) is 0.892. The molecule has 0 bridgehead atoms. The number of nitrogens with zero attached hydrogens (tertiary/aromatic N) is 3. The standard InChI is InChI=1S/C14H24N4/c1-11-10-18(12-5-2-3-6-12)14(16-11)17-8-4-7-13(17)9-15/h10,12-13H,2-9,15H2,1H3. The summed E-state index contributed by atoms with van der Waals surface area (Å²) >= 11 is 0. The predicted molar refractivity (Wildman–Crippen MR) is 73.9 cm³/mol. The van der Waals surface area contributed by atoms with Crippen LogP contribution in [0.5, 0.6) is 0 Å². The minimum Gasteiger partial charge on any atom is -0.338 e. The highest BCUT2D eigenvalue weighted by Gasteiger charge is 2.29. The molecule has 3 rings (SSSR count). The average molecular weight is 248 g/mol. The van der Waals surface area contributed by atoms with Gasteiger partial charge >= 0.3 is 0 Å². The first-order chi connectivity index (χ1) is 8.79. The lowest BCUT2D eigenvalue weighted by Gasteiger charge is -2.27. The Balaban J connectivity index is 1.90. The number of hydrogen-bond acceptors (Lipinski definition) is 3. The van der Waals surface area contributed by atoms with Crippen molar-refractivity contribution in [2.45, 2.75) is 57.5 Å². The summed E-state index contributed by atoms with van der Waals surface area (Å²) in [6, 6.07) is 1.16. The Hall–Kier alpha value is -1.03. The third kappa shape index (κ3) is 2.03. The van der Waals surface area contributed by atoms with Crippen molar-refractivity contribution in [3.63, 3.8) is 0 Å². The van der Waals surface area contributed by atoms with Crippen LogP contribution in [0.25, 0.3) is 0 Å². The van der Waals surface area contributed by atoms with Crippen LogP contribution in [-0.4, -0.2) is 28.7 Å². The second-order valence-electron chi connectivity index (χ2n) is 5.75. The summed E-state index contributed by atoms with van der Waals surface area (Å²) < 4.78 is 2.43. The van der Waals surface area contributed by atoms with E-state index in [1.165, 1.54) is 44.5 Å². The molecular weight excluding hydrogens is 224 g/mol. The Morgan fingerprint density at radius 3 is 2.78 bits per heavy atom. The van der Waals surface area contributed by atoms with E-state index < -0.39 is 0 Å². The van der Waals surface area contributed by atoms with Crippen molar-refractivity contribution in [3.05, 3.63) is 11.9 Å². The molecule has 0 aromatic carbocycles. The highest BCUT2D eigenvalue weighted by atomic mass is 15.3. The Morgan fingerprint density at radius 2 is 2.06 bits per heavy atom. The van der Waals surface area contributed by atoms with Crippen LogP contribution in [0.15, 0.2) is 6.20 Å². The molecule has 1 saturated carbocycles. The topological polar surface area (TPSA) is 47.1 Å². The lowest BCUT2D eigenvalue weighted by Crippen LogP contribution is -2.37. The molecule has 1 aliphatic carbocycles. The molecule has 2 fully saturated rings. The summed E-state index contributed by atoms with van der Waals surface area (Å²) in [5.74, 6) is 1.17. The molecule has 4 heteroatoms. The van der Waals surface area contributed by atoms with Crippen molar-refractivity contribution in [2.75, 3.05) is 18.0 Å². The van der Waals surface area contributed by atoms with Gasteiger partial charge in [0.15, 0.2) is 0 Å². The zero-order valence-electron chi connectivity index (χ0n) is 11.3. The van der Waals surface area contributed by atoms with Crippen LogP contribution in [0.2, 0.25) is 0 Å². The summed E-state index contributed by atoms with van der Waals surface area (Å²) in [5, 5.41) is 0. The van der Waals surface area contributed by atoms with Crippen molar-refractivity contribution in [3.8, 4) is 0 Å².